The molecule has 0 radical (unpaired) electrons. The molecule has 0 aliphatic carbocycles. The molecule has 0 aliphatic rings. The van der Waals surface area contributed by atoms with Gasteiger partial charge in [-0.25, -0.2) is 9.99 Å². The Kier molecular flexibility index (Phi) is 4.59. The van der Waals surface area contributed by atoms with Gasteiger partial charge in [-0.05, 0) is 25.5 Å². The van der Waals surface area contributed by atoms with Gasteiger partial charge in [0.15, 0.2) is 0 Å². The van der Waals surface area contributed by atoms with Gasteiger partial charge in [-0.15, -0.1) is 0 Å². The minimum Gasteiger partial charge on any atom is -0.239 e. The summed E-state index contributed by atoms with van der Waals surface area (Å²) in [6, 6.07) is 7.59. The van der Waals surface area contributed by atoms with Crippen LogP contribution in [0.25, 0.3) is 10.2 Å². The second-order valence-electron chi connectivity index (χ2n) is 4.18. The van der Waals surface area contributed by atoms with Crippen molar-refractivity contribution in [2.24, 2.45) is 5.10 Å². The quantitative estimate of drug-likeness (QED) is 0.603. The normalized spacial score (nSPS) is 12.4. The van der Waals surface area contributed by atoms with Crippen LogP contribution in [0.5, 0.6) is 0 Å². The smallest absolute Gasteiger partial charge is 0.239 e. The first-order chi connectivity index (χ1) is 9.49. The van der Waals surface area contributed by atoms with E-state index < -0.39 is 12.6 Å². The lowest BCUT2D eigenvalue weighted by molar-refractivity contribution is -0.135. The largest absolute Gasteiger partial charge is 0.389 e. The molecule has 108 valence electrons. The molecule has 0 bridgehead atoms. The molecule has 2 rings (SSSR count). The van der Waals surface area contributed by atoms with E-state index in [-0.39, 0.29) is 13.0 Å². The van der Waals surface area contributed by atoms with Crippen molar-refractivity contribution in [3.05, 3.63) is 24.3 Å². The van der Waals surface area contributed by atoms with E-state index in [0.29, 0.717) is 5.13 Å². The minimum absolute atomic E-state index is 0.00321. The predicted octanol–water partition coefficient (Wildman–Crippen LogP) is 4.45. The van der Waals surface area contributed by atoms with E-state index in [9.17, 15) is 13.2 Å². The van der Waals surface area contributed by atoms with Crippen LogP contribution in [0.15, 0.2) is 29.4 Å². The average molecular weight is 301 g/mol. The van der Waals surface area contributed by atoms with Crippen LogP contribution in [-0.4, -0.2) is 23.9 Å². The summed E-state index contributed by atoms with van der Waals surface area (Å²) in [6.07, 6.45) is -3.39. The molecule has 0 amide bonds. The number of anilines is 1. The molecule has 1 aromatic heterocycles. The summed E-state index contributed by atoms with van der Waals surface area (Å²) in [6.45, 7) is 1.92. The first-order valence-corrected chi connectivity index (χ1v) is 7.00. The summed E-state index contributed by atoms with van der Waals surface area (Å²) < 4.78 is 37.6. The van der Waals surface area contributed by atoms with Gasteiger partial charge in [0.1, 0.15) is 0 Å². The first kappa shape index (κ1) is 14.8. The fourth-order valence-corrected chi connectivity index (χ4v) is 2.69. The van der Waals surface area contributed by atoms with Gasteiger partial charge in [0.25, 0.3) is 0 Å². The number of aromatic nitrogens is 1. The molecule has 2 aromatic rings. The summed E-state index contributed by atoms with van der Waals surface area (Å²) in [5, 5.41) is 6.24. The fraction of sp³-hybridized carbons (Fsp3) is 0.385. The maximum absolute atomic E-state index is 12.2. The van der Waals surface area contributed by atoms with Crippen molar-refractivity contribution in [1.29, 1.82) is 0 Å². The topological polar surface area (TPSA) is 28.5 Å². The van der Waals surface area contributed by atoms with E-state index in [2.05, 4.69) is 10.1 Å². The molecule has 20 heavy (non-hydrogen) atoms. The van der Waals surface area contributed by atoms with E-state index in [4.69, 9.17) is 0 Å². The number of alkyl halides is 3. The summed E-state index contributed by atoms with van der Waals surface area (Å²) in [5.41, 5.74) is 0.833. The number of thiazole rings is 1. The first-order valence-electron chi connectivity index (χ1n) is 6.18. The van der Waals surface area contributed by atoms with Crippen molar-refractivity contribution < 1.29 is 13.2 Å². The molecule has 0 saturated heterocycles. The lowest BCUT2D eigenvalue weighted by Crippen LogP contribution is -2.20. The Bertz CT molecular complexity index is 559. The van der Waals surface area contributed by atoms with Crippen LogP contribution in [0.2, 0.25) is 0 Å². The summed E-state index contributed by atoms with van der Waals surface area (Å²) in [5.74, 6) is 0. The summed E-state index contributed by atoms with van der Waals surface area (Å²) in [4.78, 5) is 4.40. The van der Waals surface area contributed by atoms with Gasteiger partial charge in [0, 0.05) is 19.2 Å². The highest BCUT2D eigenvalue weighted by Crippen LogP contribution is 2.29. The number of benzene rings is 1. The number of hydrazone groups is 1. The highest BCUT2D eigenvalue weighted by Gasteiger charge is 2.26. The van der Waals surface area contributed by atoms with Crippen molar-refractivity contribution >= 4 is 32.9 Å². The molecular formula is C13H14F3N3S. The van der Waals surface area contributed by atoms with Crippen LogP contribution in [-0.2, 0) is 0 Å². The second kappa shape index (κ2) is 6.21. The molecule has 0 aliphatic heterocycles. The van der Waals surface area contributed by atoms with Crippen molar-refractivity contribution in [2.75, 3.05) is 11.6 Å². The Morgan fingerprint density at radius 1 is 1.35 bits per heavy atom. The lowest BCUT2D eigenvalue weighted by atomic mass is 10.3. The number of nitrogens with zero attached hydrogens (tertiary/aromatic N) is 3. The van der Waals surface area contributed by atoms with Crippen LogP contribution < -0.4 is 5.01 Å². The van der Waals surface area contributed by atoms with Crippen LogP contribution >= 0.6 is 11.3 Å². The van der Waals surface area contributed by atoms with Crippen LogP contribution in [0.1, 0.15) is 19.8 Å². The van der Waals surface area contributed by atoms with E-state index in [0.717, 1.165) is 10.2 Å². The SMILES string of the molecule is C/C=N/N(CCCC(F)(F)F)c1nc2ccccc2s1. The Balaban J connectivity index is 2.11. The van der Waals surface area contributed by atoms with Gasteiger partial charge in [0.2, 0.25) is 5.13 Å². The zero-order valence-electron chi connectivity index (χ0n) is 10.9. The molecule has 0 saturated carbocycles. The Morgan fingerprint density at radius 2 is 2.10 bits per heavy atom. The van der Waals surface area contributed by atoms with E-state index in [1.54, 1.807) is 13.1 Å². The van der Waals surface area contributed by atoms with Gasteiger partial charge in [-0.1, -0.05) is 23.5 Å². The van der Waals surface area contributed by atoms with E-state index >= 15 is 0 Å². The molecule has 3 nitrogen and oxygen atoms in total. The standard InChI is InChI=1S/C13H14F3N3S/c1-2-17-19(9-5-8-13(14,15)16)12-18-10-6-3-4-7-11(10)20-12/h2-4,6-7H,5,8-9H2,1H3/b17-2+. The third-order valence-electron chi connectivity index (χ3n) is 2.59. The minimum atomic E-state index is -4.13. The maximum Gasteiger partial charge on any atom is 0.389 e. The second-order valence-corrected chi connectivity index (χ2v) is 5.19. The zero-order chi connectivity index (χ0) is 14.6. The number of halogens is 3. The molecule has 0 fully saturated rings. The Hall–Kier alpha value is -1.63. The van der Waals surface area contributed by atoms with Crippen molar-refractivity contribution in [3.63, 3.8) is 0 Å². The van der Waals surface area contributed by atoms with Crippen molar-refractivity contribution in [2.45, 2.75) is 25.9 Å². The van der Waals surface area contributed by atoms with Crippen LogP contribution in [0.3, 0.4) is 0 Å². The number of hydrogen-bond acceptors (Lipinski definition) is 4. The third kappa shape index (κ3) is 3.93. The van der Waals surface area contributed by atoms with E-state index in [1.165, 1.54) is 16.3 Å². The van der Waals surface area contributed by atoms with Gasteiger partial charge < -0.3 is 0 Å². The monoisotopic (exact) mass is 301 g/mol. The number of hydrogen-bond donors (Lipinski definition) is 0. The Morgan fingerprint density at radius 3 is 2.75 bits per heavy atom. The van der Waals surface area contributed by atoms with Crippen molar-refractivity contribution in [1.82, 2.24) is 4.98 Å². The fourth-order valence-electron chi connectivity index (χ4n) is 1.74. The van der Waals surface area contributed by atoms with E-state index in [1.807, 2.05) is 24.3 Å². The van der Waals surface area contributed by atoms with Crippen molar-refractivity contribution in [3.8, 4) is 0 Å². The molecular weight excluding hydrogens is 287 g/mol. The predicted molar refractivity (Wildman–Crippen MR) is 76.4 cm³/mol. The van der Waals surface area contributed by atoms with Gasteiger partial charge >= 0.3 is 6.18 Å². The highest BCUT2D eigenvalue weighted by molar-refractivity contribution is 7.22. The molecule has 0 atom stereocenters. The van der Waals surface area contributed by atoms with Gasteiger partial charge in [-0.2, -0.15) is 18.3 Å². The number of para-hydroxylation sites is 1. The van der Waals surface area contributed by atoms with Crippen LogP contribution in [0, 0.1) is 0 Å². The molecule has 7 heteroatoms. The molecule has 0 N–H and O–H groups in total. The molecule has 0 spiro atoms. The van der Waals surface area contributed by atoms with Gasteiger partial charge in [-0.3, -0.25) is 0 Å². The molecule has 1 aromatic carbocycles. The maximum atomic E-state index is 12.2. The Labute approximate surface area is 118 Å². The number of rotatable bonds is 5. The average Bonchev–Trinajstić information content (AvgIpc) is 2.80. The molecule has 0 unspecified atom stereocenters. The number of fused-ring (bicyclic) bond motifs is 1. The van der Waals surface area contributed by atoms with Crippen LogP contribution in [0.4, 0.5) is 18.3 Å². The highest BCUT2D eigenvalue weighted by atomic mass is 32.1. The summed E-state index contributed by atoms with van der Waals surface area (Å²) in [7, 11) is 0. The third-order valence-corrected chi connectivity index (χ3v) is 3.64. The molecule has 1 heterocycles. The van der Waals surface area contributed by atoms with Gasteiger partial charge in [0.05, 0.1) is 10.2 Å². The zero-order valence-corrected chi connectivity index (χ0v) is 11.7. The summed E-state index contributed by atoms with van der Waals surface area (Å²) >= 11 is 1.42. The lowest BCUT2D eigenvalue weighted by Gasteiger charge is -2.15.